The molecule has 0 radical (unpaired) electrons. The van der Waals surface area contributed by atoms with Crippen molar-refractivity contribution in [1.29, 1.82) is 0 Å². The van der Waals surface area contributed by atoms with E-state index >= 15 is 0 Å². The Bertz CT molecular complexity index is 582. The van der Waals surface area contributed by atoms with Gasteiger partial charge in [0.1, 0.15) is 6.10 Å². The molecule has 0 aliphatic carbocycles. The first-order valence-corrected chi connectivity index (χ1v) is 7.82. The Kier molecular flexibility index (Phi) is 3.75. The van der Waals surface area contributed by atoms with E-state index in [0.29, 0.717) is 12.8 Å². The van der Waals surface area contributed by atoms with Crippen molar-refractivity contribution in [3.05, 3.63) is 33.9 Å². The molecular weight excluding hydrogens is 270 g/mol. The molecule has 0 N–H and O–H groups in total. The molecule has 1 aliphatic heterocycles. The molecule has 1 aliphatic rings. The van der Waals surface area contributed by atoms with E-state index < -0.39 is 14.8 Å². The van der Waals surface area contributed by atoms with Crippen molar-refractivity contribution in [2.45, 2.75) is 25.9 Å². The van der Waals surface area contributed by atoms with E-state index in [1.54, 1.807) is 19.1 Å². The highest BCUT2D eigenvalue weighted by Gasteiger charge is 2.27. The van der Waals surface area contributed by atoms with E-state index in [2.05, 4.69) is 0 Å². The number of ether oxygens (including phenoxy) is 1. The van der Waals surface area contributed by atoms with Crippen LogP contribution in [0.4, 0.5) is 5.69 Å². The zero-order valence-corrected chi connectivity index (χ0v) is 11.4. The summed E-state index contributed by atoms with van der Waals surface area (Å²) in [5.41, 5.74) is 0.707. The van der Waals surface area contributed by atoms with Gasteiger partial charge in [-0.05, 0) is 31.4 Å². The summed E-state index contributed by atoms with van der Waals surface area (Å²) in [5, 5.41) is 10.9. The molecule has 0 unspecified atom stereocenters. The van der Waals surface area contributed by atoms with Gasteiger partial charge in [0.25, 0.3) is 0 Å². The summed E-state index contributed by atoms with van der Waals surface area (Å²) in [6.45, 7) is 1.77. The van der Waals surface area contributed by atoms with Crippen LogP contribution in [0.5, 0.6) is 5.75 Å². The van der Waals surface area contributed by atoms with Crippen LogP contribution in [-0.4, -0.2) is 31.0 Å². The lowest BCUT2D eigenvalue weighted by Gasteiger charge is -2.23. The Hall–Kier alpha value is -1.63. The molecular formula is C12H15NO5S. The molecule has 1 fully saturated rings. The number of hydrogen-bond acceptors (Lipinski definition) is 5. The second-order valence-electron chi connectivity index (χ2n) is 4.70. The van der Waals surface area contributed by atoms with Crippen molar-refractivity contribution in [1.82, 2.24) is 0 Å². The van der Waals surface area contributed by atoms with Crippen molar-refractivity contribution >= 4 is 15.5 Å². The third kappa shape index (κ3) is 3.44. The summed E-state index contributed by atoms with van der Waals surface area (Å²) < 4.78 is 28.2. The smallest absolute Gasteiger partial charge is 0.311 e. The molecule has 0 saturated carbocycles. The van der Waals surface area contributed by atoms with Gasteiger partial charge in [-0.3, -0.25) is 10.1 Å². The van der Waals surface area contributed by atoms with Gasteiger partial charge in [-0.1, -0.05) is 6.07 Å². The minimum atomic E-state index is -2.95. The number of nitrogens with zero attached hydrogens (tertiary/aromatic N) is 1. The summed E-state index contributed by atoms with van der Waals surface area (Å²) in [7, 11) is -2.95. The van der Waals surface area contributed by atoms with Gasteiger partial charge >= 0.3 is 5.69 Å². The molecule has 6 nitrogen and oxygen atoms in total. The van der Waals surface area contributed by atoms with Crippen LogP contribution in [0.2, 0.25) is 0 Å². The fourth-order valence-electron chi connectivity index (χ4n) is 2.04. The molecule has 1 aromatic carbocycles. The SMILES string of the molecule is Cc1ccc(OC2CCS(=O)(=O)CC2)c([N+](=O)[O-])c1. The Morgan fingerprint density at radius 1 is 1.32 bits per heavy atom. The predicted molar refractivity (Wildman–Crippen MR) is 70.1 cm³/mol. The third-order valence-electron chi connectivity index (χ3n) is 3.11. The molecule has 19 heavy (non-hydrogen) atoms. The topological polar surface area (TPSA) is 86.5 Å². The number of nitro groups is 1. The van der Waals surface area contributed by atoms with Crippen LogP contribution in [0, 0.1) is 17.0 Å². The summed E-state index contributed by atoms with van der Waals surface area (Å²) in [6, 6.07) is 4.76. The Morgan fingerprint density at radius 2 is 1.95 bits per heavy atom. The van der Waals surface area contributed by atoms with Gasteiger partial charge in [-0.2, -0.15) is 0 Å². The molecule has 0 bridgehead atoms. The van der Waals surface area contributed by atoms with Gasteiger partial charge in [-0.15, -0.1) is 0 Å². The normalized spacial score (nSPS) is 19.0. The lowest BCUT2D eigenvalue weighted by Crippen LogP contribution is -2.30. The fourth-order valence-corrected chi connectivity index (χ4v) is 3.48. The summed E-state index contributed by atoms with van der Waals surface area (Å²) in [5.74, 6) is 0.370. The molecule has 0 atom stereocenters. The summed E-state index contributed by atoms with van der Waals surface area (Å²) in [6.07, 6.45) is 0.491. The van der Waals surface area contributed by atoms with Crippen LogP contribution in [-0.2, 0) is 9.84 Å². The summed E-state index contributed by atoms with van der Waals surface area (Å²) in [4.78, 5) is 10.5. The van der Waals surface area contributed by atoms with Crippen LogP contribution in [0.3, 0.4) is 0 Å². The molecule has 1 heterocycles. The van der Waals surface area contributed by atoms with E-state index in [1.807, 2.05) is 0 Å². The van der Waals surface area contributed by atoms with Crippen molar-refractivity contribution < 1.29 is 18.1 Å². The minimum Gasteiger partial charge on any atom is -0.483 e. The molecule has 0 aromatic heterocycles. The average molecular weight is 285 g/mol. The van der Waals surface area contributed by atoms with E-state index in [4.69, 9.17) is 4.74 Å². The van der Waals surface area contributed by atoms with E-state index in [9.17, 15) is 18.5 Å². The highest BCUT2D eigenvalue weighted by Crippen LogP contribution is 2.30. The van der Waals surface area contributed by atoms with Crippen LogP contribution < -0.4 is 4.74 Å². The van der Waals surface area contributed by atoms with Crippen LogP contribution in [0.25, 0.3) is 0 Å². The zero-order valence-electron chi connectivity index (χ0n) is 10.5. The lowest BCUT2D eigenvalue weighted by atomic mass is 10.2. The van der Waals surface area contributed by atoms with Gasteiger partial charge < -0.3 is 4.74 Å². The van der Waals surface area contributed by atoms with Gasteiger partial charge in [0.15, 0.2) is 15.6 Å². The molecule has 1 saturated heterocycles. The molecule has 7 heteroatoms. The zero-order chi connectivity index (χ0) is 14.0. The van der Waals surface area contributed by atoms with E-state index in [0.717, 1.165) is 5.56 Å². The van der Waals surface area contributed by atoms with Crippen LogP contribution in [0.1, 0.15) is 18.4 Å². The van der Waals surface area contributed by atoms with Crippen molar-refractivity contribution in [2.75, 3.05) is 11.5 Å². The van der Waals surface area contributed by atoms with Gasteiger partial charge in [0.2, 0.25) is 0 Å². The minimum absolute atomic E-state index is 0.0755. The lowest BCUT2D eigenvalue weighted by molar-refractivity contribution is -0.386. The number of hydrogen-bond donors (Lipinski definition) is 0. The number of nitro benzene ring substituents is 1. The summed E-state index contributed by atoms with van der Waals surface area (Å²) >= 11 is 0. The average Bonchev–Trinajstić information content (AvgIpc) is 2.33. The molecule has 0 amide bonds. The number of sulfone groups is 1. The first-order valence-electron chi connectivity index (χ1n) is 5.99. The van der Waals surface area contributed by atoms with Gasteiger partial charge in [0.05, 0.1) is 16.4 Å². The van der Waals surface area contributed by atoms with Crippen molar-refractivity contribution in [3.63, 3.8) is 0 Å². The Balaban J connectivity index is 2.14. The highest BCUT2D eigenvalue weighted by atomic mass is 32.2. The van der Waals surface area contributed by atoms with Crippen molar-refractivity contribution in [3.8, 4) is 5.75 Å². The van der Waals surface area contributed by atoms with E-state index in [-0.39, 0.29) is 29.0 Å². The first-order chi connectivity index (χ1) is 8.87. The predicted octanol–water partition coefficient (Wildman–Crippen LogP) is 1.86. The van der Waals surface area contributed by atoms with Crippen LogP contribution >= 0.6 is 0 Å². The second kappa shape index (κ2) is 5.16. The van der Waals surface area contributed by atoms with Crippen molar-refractivity contribution in [2.24, 2.45) is 0 Å². The monoisotopic (exact) mass is 285 g/mol. The Labute approximate surface area is 111 Å². The first kappa shape index (κ1) is 13.8. The maximum atomic E-state index is 11.3. The van der Waals surface area contributed by atoms with Gasteiger partial charge in [0, 0.05) is 6.07 Å². The second-order valence-corrected chi connectivity index (χ2v) is 7.00. The number of aryl methyl sites for hydroxylation is 1. The van der Waals surface area contributed by atoms with Crippen LogP contribution in [0.15, 0.2) is 18.2 Å². The largest absolute Gasteiger partial charge is 0.483 e. The maximum Gasteiger partial charge on any atom is 0.311 e. The fraction of sp³-hybridized carbons (Fsp3) is 0.500. The number of benzene rings is 1. The maximum absolute atomic E-state index is 11.3. The third-order valence-corrected chi connectivity index (χ3v) is 4.82. The van der Waals surface area contributed by atoms with Gasteiger partial charge in [-0.25, -0.2) is 8.42 Å². The van der Waals surface area contributed by atoms with E-state index in [1.165, 1.54) is 6.07 Å². The highest BCUT2D eigenvalue weighted by molar-refractivity contribution is 7.91. The molecule has 0 spiro atoms. The number of rotatable bonds is 3. The standard InChI is InChI=1S/C12H15NO5S/c1-9-2-3-12(11(8-9)13(14)15)18-10-4-6-19(16,17)7-5-10/h2-3,8,10H,4-7H2,1H3. The quantitative estimate of drug-likeness (QED) is 0.625. The molecule has 104 valence electrons. The molecule has 1 aromatic rings. The molecule has 2 rings (SSSR count). The Morgan fingerprint density at radius 3 is 2.53 bits per heavy atom.